The second-order valence-corrected chi connectivity index (χ2v) is 32.6. The fourth-order valence-electron chi connectivity index (χ4n) is 18.8. The van der Waals surface area contributed by atoms with Gasteiger partial charge in [0, 0.05) is 55.5 Å². The Kier molecular flexibility index (Phi) is 23.2. The molecule has 7 aliphatic rings. The molecule has 0 amide bonds. The number of ether oxygens (including phenoxy) is 2. The molecule has 10 unspecified atom stereocenters. The van der Waals surface area contributed by atoms with Crippen molar-refractivity contribution in [1.82, 2.24) is 0 Å². The standard InChI is InChI=1S/C30H15BO4.C22H19BO6.C16H11BO2.2C14H8O4.C6H12O6.In.3H/c32-28-19-6-1-2-7-20(19)29(33)27-22(28)13-15-24-30(27)35-31(34-24)23-14-11-18-9-8-16-4-3-5-17-10-12-21(23)26(18)25(16)17;24-10-16-19(25)20(26)21-22(27-16)29-23(28-21)15-9-7-13-5-4-11-2-1-3-12-6-8-14(15)18(13)17(11)12;18-17(19)14-9-7-12-5-4-10-2-1-3-11-6-8-13(14)16(12)15(10)11;2*15-10-6-5-9-11(14(10)18)13(17)8-4-2-1-3-7(8)12(9)16;7-1-2-3(8)4(9)5(10)6(11)12-2;;;;/h1-15H;1-9,16,19-22,24-26H,10H2;1-9,18-19H;2*1-6,15,18H;2-11H,1H2;;;;. The van der Waals surface area contributed by atoms with Gasteiger partial charge in [0.1, 0.15) is 54.6 Å². The number of carbonyl (C=O) groups is 6. The molecule has 18 aromatic rings. The van der Waals surface area contributed by atoms with Gasteiger partial charge in [-0.2, -0.15) is 0 Å². The van der Waals surface area contributed by atoms with Crippen molar-refractivity contribution in [2.45, 2.75) is 61.4 Å². The van der Waals surface area contributed by atoms with Crippen molar-refractivity contribution >= 4 is 195 Å². The van der Waals surface area contributed by atoms with E-state index in [0.717, 1.165) is 54.0 Å². The number of rotatable bonds is 5. The van der Waals surface area contributed by atoms with E-state index >= 15 is 0 Å². The first-order valence-electron chi connectivity index (χ1n) is 41.8. The van der Waals surface area contributed by atoms with Gasteiger partial charge in [-0.15, -0.1) is 0 Å². The molecule has 0 saturated carbocycles. The molecular weight excluding hydrogens is 1790 g/mol. The average Bonchev–Trinajstić information content (AvgIpc) is 1.44. The number of aromatic hydroxyl groups is 4. The molecular formula is C102H76B3InO26. The topological polar surface area (TPSA) is 441 Å². The average molecular weight is 1860 g/mol. The summed E-state index contributed by atoms with van der Waals surface area (Å²) in [4.78, 5) is 75.3. The van der Waals surface area contributed by atoms with Crippen LogP contribution in [0.5, 0.6) is 34.5 Å². The van der Waals surface area contributed by atoms with E-state index in [1.54, 1.807) is 78.9 Å². The zero-order chi connectivity index (χ0) is 91.0. The molecule has 3 aliphatic carbocycles. The minimum absolute atomic E-state index is 0. The molecule has 25 rings (SSSR count). The Morgan fingerprint density at radius 2 is 0.652 bits per heavy atom. The summed E-state index contributed by atoms with van der Waals surface area (Å²) in [6.45, 7) is -0.934. The summed E-state index contributed by atoms with van der Waals surface area (Å²) >= 11 is 0. The first-order valence-corrected chi connectivity index (χ1v) is 41.8. The molecule has 132 heavy (non-hydrogen) atoms. The van der Waals surface area contributed by atoms with Crippen LogP contribution in [-0.4, -0.2) is 228 Å². The summed E-state index contributed by atoms with van der Waals surface area (Å²) in [5.74, 6) is -3.03. The van der Waals surface area contributed by atoms with E-state index < -0.39 is 131 Å². The van der Waals surface area contributed by atoms with Crippen molar-refractivity contribution in [2.24, 2.45) is 0 Å². The second-order valence-electron chi connectivity index (χ2n) is 32.6. The van der Waals surface area contributed by atoms with Crippen molar-refractivity contribution < 1.29 is 128 Å². The van der Waals surface area contributed by atoms with Crippen LogP contribution in [0, 0.1) is 0 Å². The molecule has 26 nitrogen and oxygen atoms in total. The Balaban J connectivity index is 0.000000106. The van der Waals surface area contributed by atoms with E-state index in [-0.39, 0.29) is 87.9 Å². The number of aliphatic hydroxyl groups excluding tert-OH is 8. The van der Waals surface area contributed by atoms with Gasteiger partial charge in [-0.05, 0) is 144 Å². The predicted octanol–water partition coefficient (Wildman–Crippen LogP) is 8.26. The number of benzene rings is 18. The quantitative estimate of drug-likeness (QED) is 0.0438. The van der Waals surface area contributed by atoms with Gasteiger partial charge in [0.05, 0.1) is 29.9 Å². The van der Waals surface area contributed by atoms with Crippen LogP contribution in [0.15, 0.2) is 273 Å². The van der Waals surface area contributed by atoms with Crippen LogP contribution < -0.4 is 25.7 Å². The Morgan fingerprint density at radius 1 is 0.303 bits per heavy atom. The van der Waals surface area contributed by atoms with Crippen LogP contribution in [0.3, 0.4) is 0 Å². The van der Waals surface area contributed by atoms with Gasteiger partial charge in [0.25, 0.3) is 0 Å². The molecule has 30 heteroatoms. The van der Waals surface area contributed by atoms with Gasteiger partial charge < -0.3 is 99.4 Å². The molecule has 10 atom stereocenters. The fraction of sp³-hybridized carbons (Fsp3) is 0.118. The molecule has 14 N–H and O–H groups in total. The molecule has 652 valence electrons. The number of ketones is 6. The van der Waals surface area contributed by atoms with Crippen molar-refractivity contribution in [3.8, 4) is 34.5 Å². The van der Waals surface area contributed by atoms with Crippen LogP contribution in [0.4, 0.5) is 0 Å². The Bertz CT molecular complexity index is 7570. The SMILES string of the molecule is O=C1c2ccccc2C(=O)c2c1ccc(O)c2O.O=C1c2ccccc2C(=O)c2c1ccc(O)c2O.O=C1c2ccccc2C(=O)c2c1ccc1c2OB(c2ccc3ccc4cccc5ccc2c3c45)O1.OB(O)c1ccc2ccc3cccc4ccc1c2c34.OCC1OC(O)C(O)C(O)C1O.OCC1OC2OB(c3ccc4ccc5cccc6ccc3c4c56)OC2C(O)C1O.[InH3]. The van der Waals surface area contributed by atoms with Gasteiger partial charge in [0.2, 0.25) is 0 Å². The molecule has 0 spiro atoms. The van der Waals surface area contributed by atoms with Crippen molar-refractivity contribution in [3.63, 3.8) is 0 Å². The monoisotopic (exact) mass is 1860 g/mol. The molecule has 18 aromatic carbocycles. The van der Waals surface area contributed by atoms with Crippen molar-refractivity contribution in [3.05, 3.63) is 340 Å². The van der Waals surface area contributed by atoms with E-state index in [0.29, 0.717) is 44.8 Å². The van der Waals surface area contributed by atoms with Crippen molar-refractivity contribution in [2.75, 3.05) is 13.2 Å². The van der Waals surface area contributed by atoms with Gasteiger partial charge in [-0.1, -0.05) is 237 Å². The molecule has 3 fully saturated rings. The summed E-state index contributed by atoms with van der Waals surface area (Å²) < 4.78 is 34.7. The van der Waals surface area contributed by atoms with Gasteiger partial charge in [-0.25, -0.2) is 0 Å². The van der Waals surface area contributed by atoms with Crippen LogP contribution in [-0.2, 0) is 18.8 Å². The number of hydrogen-bond acceptors (Lipinski definition) is 26. The van der Waals surface area contributed by atoms with Gasteiger partial charge >= 0.3 is 47.2 Å². The molecule has 0 aromatic heterocycles. The molecule has 0 radical (unpaired) electrons. The summed E-state index contributed by atoms with van der Waals surface area (Å²) in [6, 6.07) is 84.0. The third kappa shape index (κ3) is 14.6. The second kappa shape index (κ2) is 34.9. The maximum atomic E-state index is 13.4. The van der Waals surface area contributed by atoms with E-state index in [1.165, 1.54) is 90.3 Å². The number of fused-ring (bicyclic) bond motifs is 9. The van der Waals surface area contributed by atoms with E-state index in [2.05, 4.69) is 120 Å². The number of phenols is 4. The third-order valence-electron chi connectivity index (χ3n) is 25.3. The molecule has 4 heterocycles. The zero-order valence-electron chi connectivity index (χ0n) is 68.6. The third-order valence-corrected chi connectivity index (χ3v) is 25.3. The summed E-state index contributed by atoms with van der Waals surface area (Å²) in [7, 11) is -2.90. The predicted molar refractivity (Wildman–Crippen MR) is 498 cm³/mol. The number of aliphatic hydroxyl groups is 8. The normalized spacial score (nSPS) is 20.1. The molecule has 3 saturated heterocycles. The first-order chi connectivity index (χ1) is 63.4. The maximum absolute atomic E-state index is 13.4. The van der Waals surface area contributed by atoms with E-state index in [1.807, 2.05) is 42.5 Å². The Morgan fingerprint density at radius 3 is 1.08 bits per heavy atom. The zero-order valence-corrected chi connectivity index (χ0v) is 68.6. The van der Waals surface area contributed by atoms with Crippen LogP contribution >= 0.6 is 0 Å². The van der Waals surface area contributed by atoms with Crippen LogP contribution in [0.25, 0.3) is 97.0 Å². The molecule has 0 bridgehead atoms. The van der Waals surface area contributed by atoms with E-state index in [4.69, 9.17) is 48.9 Å². The van der Waals surface area contributed by atoms with E-state index in [9.17, 15) is 74.6 Å². The van der Waals surface area contributed by atoms with Gasteiger partial charge in [-0.3, -0.25) is 28.8 Å². The molecule has 4 aliphatic heterocycles. The fourth-order valence-corrected chi connectivity index (χ4v) is 18.8. The number of carbonyl (C=O) groups excluding carboxylic acids is 6. The summed E-state index contributed by atoms with van der Waals surface area (Å²) in [5.41, 5.74) is 4.86. The summed E-state index contributed by atoms with van der Waals surface area (Å²) in [6.07, 6.45) is -12.1. The van der Waals surface area contributed by atoms with Crippen LogP contribution in [0.2, 0.25) is 0 Å². The Labute approximate surface area is 767 Å². The first kappa shape index (κ1) is 87.7. The number of phenolic OH excluding ortho intramolecular Hbond substituents is 4. The van der Waals surface area contributed by atoms with Gasteiger partial charge in [0.15, 0.2) is 76.0 Å². The van der Waals surface area contributed by atoms with Crippen LogP contribution in [0.1, 0.15) is 95.5 Å². The van der Waals surface area contributed by atoms with Crippen molar-refractivity contribution in [1.29, 1.82) is 0 Å². The summed E-state index contributed by atoms with van der Waals surface area (Å²) in [5, 5.41) is 152. The Hall–Kier alpha value is -13.6. The minimum atomic E-state index is -1.57. The number of hydrogen-bond donors (Lipinski definition) is 14.